The van der Waals surface area contributed by atoms with Gasteiger partial charge in [-0.2, -0.15) is 0 Å². The van der Waals surface area contributed by atoms with Crippen LogP contribution in [-0.2, 0) is 6.54 Å². The van der Waals surface area contributed by atoms with Gasteiger partial charge in [-0.05, 0) is 57.9 Å². The summed E-state index contributed by atoms with van der Waals surface area (Å²) < 4.78 is 14.0. The standard InChI is InChI=1S/C13H9BrCl2FN/c14-11-3-1-9(15)6-13(11)18-7-8-5-10(17)2-4-12(8)16/h1-6,18H,7H2. The molecule has 0 aliphatic heterocycles. The molecule has 2 aromatic rings. The van der Waals surface area contributed by atoms with Gasteiger partial charge >= 0.3 is 0 Å². The smallest absolute Gasteiger partial charge is 0.123 e. The third-order valence-electron chi connectivity index (χ3n) is 2.41. The molecule has 94 valence electrons. The summed E-state index contributed by atoms with van der Waals surface area (Å²) in [4.78, 5) is 0. The van der Waals surface area contributed by atoms with Gasteiger partial charge < -0.3 is 5.32 Å². The monoisotopic (exact) mass is 347 g/mol. The lowest BCUT2D eigenvalue weighted by Crippen LogP contribution is -2.01. The Bertz CT molecular complexity index is 523. The number of hydrogen-bond acceptors (Lipinski definition) is 1. The van der Waals surface area contributed by atoms with Crippen molar-refractivity contribution in [2.24, 2.45) is 0 Å². The molecule has 5 heteroatoms. The Balaban J connectivity index is 2.16. The van der Waals surface area contributed by atoms with E-state index in [9.17, 15) is 4.39 Å². The third kappa shape index (κ3) is 3.37. The number of halogens is 4. The first-order chi connectivity index (χ1) is 8.56. The molecule has 0 saturated carbocycles. The number of anilines is 1. The number of rotatable bonds is 3. The summed E-state index contributed by atoms with van der Waals surface area (Å²) in [6, 6.07) is 9.71. The Morgan fingerprint density at radius 2 is 1.89 bits per heavy atom. The highest BCUT2D eigenvalue weighted by molar-refractivity contribution is 9.10. The van der Waals surface area contributed by atoms with E-state index in [4.69, 9.17) is 23.2 Å². The maximum Gasteiger partial charge on any atom is 0.123 e. The van der Waals surface area contributed by atoms with Crippen molar-refractivity contribution in [3.63, 3.8) is 0 Å². The predicted molar refractivity (Wildman–Crippen MR) is 77.9 cm³/mol. The van der Waals surface area contributed by atoms with Gasteiger partial charge in [-0.3, -0.25) is 0 Å². The first kappa shape index (κ1) is 13.7. The Morgan fingerprint density at radius 3 is 2.67 bits per heavy atom. The van der Waals surface area contributed by atoms with Crippen LogP contribution in [-0.4, -0.2) is 0 Å². The quantitative estimate of drug-likeness (QED) is 0.771. The molecular formula is C13H9BrCl2FN. The minimum absolute atomic E-state index is 0.304. The van der Waals surface area contributed by atoms with Crippen LogP contribution in [0.2, 0.25) is 10.0 Å². The van der Waals surface area contributed by atoms with Gasteiger partial charge in [-0.25, -0.2) is 4.39 Å². The van der Waals surface area contributed by atoms with Crippen LogP contribution in [0.3, 0.4) is 0 Å². The van der Waals surface area contributed by atoms with Crippen molar-refractivity contribution in [2.75, 3.05) is 5.32 Å². The van der Waals surface area contributed by atoms with Crippen molar-refractivity contribution in [1.82, 2.24) is 0 Å². The predicted octanol–water partition coefficient (Wildman–Crippen LogP) is 5.51. The zero-order valence-corrected chi connectivity index (χ0v) is 12.3. The van der Waals surface area contributed by atoms with E-state index in [1.807, 2.05) is 6.07 Å². The van der Waals surface area contributed by atoms with Gasteiger partial charge in [0.1, 0.15) is 5.82 Å². The zero-order chi connectivity index (χ0) is 13.1. The highest BCUT2D eigenvalue weighted by Crippen LogP contribution is 2.27. The fraction of sp³-hybridized carbons (Fsp3) is 0.0769. The molecule has 0 radical (unpaired) electrons. The average molecular weight is 349 g/mol. The van der Waals surface area contributed by atoms with Crippen LogP contribution in [0.1, 0.15) is 5.56 Å². The van der Waals surface area contributed by atoms with Crippen molar-refractivity contribution in [2.45, 2.75) is 6.54 Å². The Labute approximate surface area is 123 Å². The van der Waals surface area contributed by atoms with Gasteiger partial charge in [0.25, 0.3) is 0 Å². The first-order valence-electron chi connectivity index (χ1n) is 5.19. The Hall–Kier alpha value is -0.770. The van der Waals surface area contributed by atoms with E-state index >= 15 is 0 Å². The second-order valence-corrected chi connectivity index (χ2v) is 5.41. The van der Waals surface area contributed by atoms with Crippen LogP contribution >= 0.6 is 39.1 Å². The van der Waals surface area contributed by atoms with Crippen molar-refractivity contribution >= 4 is 44.8 Å². The molecule has 18 heavy (non-hydrogen) atoms. The number of benzene rings is 2. The molecular weight excluding hydrogens is 340 g/mol. The molecule has 0 fully saturated rings. The molecule has 0 heterocycles. The summed E-state index contributed by atoms with van der Waals surface area (Å²) in [7, 11) is 0. The molecule has 0 spiro atoms. The highest BCUT2D eigenvalue weighted by atomic mass is 79.9. The van der Waals surface area contributed by atoms with E-state index in [1.54, 1.807) is 18.2 Å². The average Bonchev–Trinajstić information content (AvgIpc) is 2.34. The van der Waals surface area contributed by atoms with Crippen LogP contribution in [0, 0.1) is 5.82 Å². The summed E-state index contributed by atoms with van der Waals surface area (Å²) in [5, 5.41) is 4.32. The largest absolute Gasteiger partial charge is 0.380 e. The van der Waals surface area contributed by atoms with Gasteiger partial charge in [-0.15, -0.1) is 0 Å². The summed E-state index contributed by atoms with van der Waals surface area (Å²) in [6.07, 6.45) is 0. The van der Waals surface area contributed by atoms with Crippen LogP contribution in [0.4, 0.5) is 10.1 Å². The second kappa shape index (κ2) is 5.91. The van der Waals surface area contributed by atoms with E-state index in [-0.39, 0.29) is 5.82 Å². The molecule has 2 rings (SSSR count). The fourth-order valence-corrected chi connectivity index (χ4v) is 2.25. The SMILES string of the molecule is Fc1ccc(Cl)c(CNc2cc(Cl)ccc2Br)c1. The van der Waals surface area contributed by atoms with Crippen LogP contribution in [0.5, 0.6) is 0 Å². The topological polar surface area (TPSA) is 12.0 Å². The minimum Gasteiger partial charge on any atom is -0.380 e. The summed E-state index contributed by atoms with van der Waals surface area (Å²) >= 11 is 15.3. The Kier molecular flexibility index (Phi) is 4.49. The molecule has 0 bridgehead atoms. The van der Waals surface area contributed by atoms with E-state index in [0.29, 0.717) is 22.2 Å². The normalized spacial score (nSPS) is 10.4. The van der Waals surface area contributed by atoms with Crippen molar-refractivity contribution in [1.29, 1.82) is 0 Å². The molecule has 0 aromatic heterocycles. The number of hydrogen-bond donors (Lipinski definition) is 1. The van der Waals surface area contributed by atoms with Crippen molar-refractivity contribution in [3.8, 4) is 0 Å². The maximum absolute atomic E-state index is 13.1. The van der Waals surface area contributed by atoms with Gasteiger partial charge in [-0.1, -0.05) is 23.2 Å². The fourth-order valence-electron chi connectivity index (χ4n) is 1.50. The van der Waals surface area contributed by atoms with Crippen LogP contribution in [0.25, 0.3) is 0 Å². The maximum atomic E-state index is 13.1. The molecule has 0 atom stereocenters. The summed E-state index contributed by atoms with van der Waals surface area (Å²) in [5.74, 6) is -0.304. The molecule has 0 aliphatic carbocycles. The van der Waals surface area contributed by atoms with Crippen LogP contribution < -0.4 is 5.32 Å². The van der Waals surface area contributed by atoms with Crippen LogP contribution in [0.15, 0.2) is 40.9 Å². The van der Waals surface area contributed by atoms with Gasteiger partial charge in [0.05, 0.1) is 5.69 Å². The van der Waals surface area contributed by atoms with Gasteiger partial charge in [0, 0.05) is 21.1 Å². The third-order valence-corrected chi connectivity index (χ3v) is 3.70. The summed E-state index contributed by atoms with van der Waals surface area (Å²) in [5.41, 5.74) is 1.53. The molecule has 0 aliphatic rings. The van der Waals surface area contributed by atoms with E-state index in [0.717, 1.165) is 10.2 Å². The molecule has 2 aromatic carbocycles. The lowest BCUT2D eigenvalue weighted by Gasteiger charge is -2.10. The lowest BCUT2D eigenvalue weighted by molar-refractivity contribution is 0.626. The number of nitrogens with one attached hydrogen (secondary N) is 1. The van der Waals surface area contributed by atoms with Crippen molar-refractivity contribution in [3.05, 3.63) is 62.3 Å². The molecule has 1 nitrogen and oxygen atoms in total. The lowest BCUT2D eigenvalue weighted by atomic mass is 10.2. The van der Waals surface area contributed by atoms with Gasteiger partial charge in [0.15, 0.2) is 0 Å². The molecule has 1 N–H and O–H groups in total. The molecule has 0 saturated heterocycles. The zero-order valence-electron chi connectivity index (χ0n) is 9.18. The highest BCUT2D eigenvalue weighted by Gasteiger charge is 2.04. The first-order valence-corrected chi connectivity index (χ1v) is 6.74. The van der Waals surface area contributed by atoms with Crippen molar-refractivity contribution < 1.29 is 4.39 Å². The molecule has 0 amide bonds. The molecule has 0 unspecified atom stereocenters. The summed E-state index contributed by atoms with van der Waals surface area (Å²) in [6.45, 7) is 0.426. The van der Waals surface area contributed by atoms with Gasteiger partial charge in [0.2, 0.25) is 0 Å². The second-order valence-electron chi connectivity index (χ2n) is 3.71. The Morgan fingerprint density at radius 1 is 1.11 bits per heavy atom. The van der Waals surface area contributed by atoms with E-state index in [1.165, 1.54) is 12.1 Å². The van der Waals surface area contributed by atoms with E-state index < -0.39 is 0 Å². The van der Waals surface area contributed by atoms with E-state index in [2.05, 4.69) is 21.2 Å². The minimum atomic E-state index is -0.304.